The Morgan fingerprint density at radius 2 is 1.82 bits per heavy atom. The third-order valence-electron chi connectivity index (χ3n) is 1.99. The third kappa shape index (κ3) is 4.85. The SMILES string of the molecule is C[C@H](Nc1ccc(F)cc1)C(=O)OC(C)(C)C. The highest BCUT2D eigenvalue weighted by Crippen LogP contribution is 2.13. The molecule has 17 heavy (non-hydrogen) atoms. The number of anilines is 1. The molecule has 0 aromatic heterocycles. The molecular formula is C13H18FNO2. The third-order valence-corrected chi connectivity index (χ3v) is 1.99. The van der Waals surface area contributed by atoms with Crippen LogP contribution in [-0.2, 0) is 9.53 Å². The Hall–Kier alpha value is -1.58. The summed E-state index contributed by atoms with van der Waals surface area (Å²) in [5.74, 6) is -0.637. The Labute approximate surface area is 101 Å². The zero-order valence-corrected chi connectivity index (χ0v) is 10.6. The van der Waals surface area contributed by atoms with Crippen LogP contribution in [0.4, 0.5) is 10.1 Å². The second-order valence-electron chi connectivity index (χ2n) is 4.91. The van der Waals surface area contributed by atoms with Crippen molar-refractivity contribution in [1.82, 2.24) is 0 Å². The Kier molecular flexibility index (Phi) is 4.10. The van der Waals surface area contributed by atoms with Gasteiger partial charge in [0.15, 0.2) is 0 Å². The second-order valence-corrected chi connectivity index (χ2v) is 4.91. The zero-order valence-electron chi connectivity index (χ0n) is 10.6. The van der Waals surface area contributed by atoms with E-state index in [2.05, 4.69) is 5.32 Å². The monoisotopic (exact) mass is 239 g/mol. The standard InChI is InChI=1S/C13H18FNO2/c1-9(12(16)17-13(2,3)4)15-11-7-5-10(14)6-8-11/h5-9,15H,1-4H3/t9-/m0/s1. The minimum Gasteiger partial charge on any atom is -0.458 e. The van der Waals surface area contributed by atoms with Crippen LogP contribution in [0.1, 0.15) is 27.7 Å². The van der Waals surface area contributed by atoms with Crippen molar-refractivity contribution in [3.63, 3.8) is 0 Å². The number of ether oxygens (including phenoxy) is 1. The summed E-state index contributed by atoms with van der Waals surface area (Å²) in [6.45, 7) is 7.15. The van der Waals surface area contributed by atoms with Gasteiger partial charge in [0.05, 0.1) is 0 Å². The number of carbonyl (C=O) groups is 1. The van der Waals surface area contributed by atoms with Crippen LogP contribution in [0.2, 0.25) is 0 Å². The van der Waals surface area contributed by atoms with Gasteiger partial charge < -0.3 is 10.1 Å². The van der Waals surface area contributed by atoms with E-state index >= 15 is 0 Å². The van der Waals surface area contributed by atoms with Crippen molar-refractivity contribution in [1.29, 1.82) is 0 Å². The molecule has 0 radical (unpaired) electrons. The van der Waals surface area contributed by atoms with E-state index in [-0.39, 0.29) is 11.8 Å². The molecule has 0 saturated carbocycles. The van der Waals surface area contributed by atoms with E-state index in [4.69, 9.17) is 4.74 Å². The van der Waals surface area contributed by atoms with Crippen LogP contribution in [0.3, 0.4) is 0 Å². The van der Waals surface area contributed by atoms with Crippen LogP contribution >= 0.6 is 0 Å². The minimum absolute atomic E-state index is 0.305. The van der Waals surface area contributed by atoms with E-state index in [1.165, 1.54) is 12.1 Å². The molecular weight excluding hydrogens is 221 g/mol. The fraction of sp³-hybridized carbons (Fsp3) is 0.462. The molecule has 1 atom stereocenters. The summed E-state index contributed by atoms with van der Waals surface area (Å²) >= 11 is 0. The van der Waals surface area contributed by atoms with E-state index in [0.29, 0.717) is 5.69 Å². The summed E-state index contributed by atoms with van der Waals surface area (Å²) in [4.78, 5) is 11.7. The average Bonchev–Trinajstić information content (AvgIpc) is 2.19. The van der Waals surface area contributed by atoms with Gasteiger partial charge in [-0.05, 0) is 52.0 Å². The van der Waals surface area contributed by atoms with Gasteiger partial charge in [0.1, 0.15) is 17.5 Å². The summed E-state index contributed by atoms with van der Waals surface area (Å²) in [6.07, 6.45) is 0. The summed E-state index contributed by atoms with van der Waals surface area (Å²) in [5, 5.41) is 2.95. The molecule has 0 amide bonds. The number of benzene rings is 1. The van der Waals surface area contributed by atoms with E-state index in [1.54, 1.807) is 19.1 Å². The number of nitrogens with one attached hydrogen (secondary N) is 1. The van der Waals surface area contributed by atoms with Crippen molar-refractivity contribution in [3.8, 4) is 0 Å². The zero-order chi connectivity index (χ0) is 13.1. The molecule has 0 aliphatic heterocycles. The van der Waals surface area contributed by atoms with Gasteiger partial charge in [-0.2, -0.15) is 0 Å². The first-order valence-electron chi connectivity index (χ1n) is 5.53. The van der Waals surface area contributed by atoms with Crippen LogP contribution in [0.15, 0.2) is 24.3 Å². The van der Waals surface area contributed by atoms with Crippen LogP contribution in [-0.4, -0.2) is 17.6 Å². The molecule has 0 saturated heterocycles. The molecule has 0 aliphatic rings. The van der Waals surface area contributed by atoms with Gasteiger partial charge in [-0.15, -0.1) is 0 Å². The van der Waals surface area contributed by atoms with Gasteiger partial charge in [0, 0.05) is 5.69 Å². The first-order chi connectivity index (χ1) is 7.78. The first-order valence-corrected chi connectivity index (χ1v) is 5.53. The first kappa shape index (κ1) is 13.5. The highest BCUT2D eigenvalue weighted by molar-refractivity contribution is 5.79. The Morgan fingerprint density at radius 1 is 1.29 bits per heavy atom. The molecule has 0 bridgehead atoms. The second kappa shape index (κ2) is 5.17. The number of hydrogen-bond donors (Lipinski definition) is 1. The van der Waals surface area contributed by atoms with Crippen LogP contribution in [0, 0.1) is 5.82 Å². The number of rotatable bonds is 3. The van der Waals surface area contributed by atoms with Crippen molar-refractivity contribution in [2.75, 3.05) is 5.32 Å². The van der Waals surface area contributed by atoms with Crippen molar-refractivity contribution < 1.29 is 13.9 Å². The molecule has 0 unspecified atom stereocenters. The maximum Gasteiger partial charge on any atom is 0.328 e. The van der Waals surface area contributed by atoms with E-state index < -0.39 is 11.6 Å². The summed E-state index contributed by atoms with van der Waals surface area (Å²) in [6, 6.07) is 5.36. The number of hydrogen-bond acceptors (Lipinski definition) is 3. The predicted molar refractivity (Wildman–Crippen MR) is 65.3 cm³/mol. The molecule has 0 spiro atoms. The lowest BCUT2D eigenvalue weighted by Crippen LogP contribution is -2.34. The van der Waals surface area contributed by atoms with Gasteiger partial charge in [0.25, 0.3) is 0 Å². The number of esters is 1. The molecule has 94 valence electrons. The molecule has 0 aliphatic carbocycles. The minimum atomic E-state index is -0.504. The van der Waals surface area contributed by atoms with E-state index in [9.17, 15) is 9.18 Å². The van der Waals surface area contributed by atoms with E-state index in [0.717, 1.165) is 0 Å². The topological polar surface area (TPSA) is 38.3 Å². The highest BCUT2D eigenvalue weighted by atomic mass is 19.1. The lowest BCUT2D eigenvalue weighted by Gasteiger charge is -2.23. The molecule has 1 aromatic carbocycles. The van der Waals surface area contributed by atoms with Gasteiger partial charge >= 0.3 is 5.97 Å². The quantitative estimate of drug-likeness (QED) is 0.824. The van der Waals surface area contributed by atoms with Gasteiger partial charge in [-0.3, -0.25) is 0 Å². The van der Waals surface area contributed by atoms with Crippen LogP contribution in [0.25, 0.3) is 0 Å². The molecule has 3 nitrogen and oxygen atoms in total. The summed E-state index contributed by atoms with van der Waals surface area (Å²) in [5.41, 5.74) is 0.181. The fourth-order valence-electron chi connectivity index (χ4n) is 1.25. The predicted octanol–water partition coefficient (Wildman–Crippen LogP) is 2.97. The van der Waals surface area contributed by atoms with Crippen molar-refractivity contribution >= 4 is 11.7 Å². The summed E-state index contributed by atoms with van der Waals surface area (Å²) in [7, 11) is 0. The Balaban J connectivity index is 2.57. The average molecular weight is 239 g/mol. The summed E-state index contributed by atoms with van der Waals surface area (Å²) < 4.78 is 17.9. The Bertz CT molecular complexity index is 381. The molecule has 1 rings (SSSR count). The number of carbonyl (C=O) groups excluding carboxylic acids is 1. The van der Waals surface area contributed by atoms with Crippen molar-refractivity contribution in [2.24, 2.45) is 0 Å². The Morgan fingerprint density at radius 3 is 2.29 bits per heavy atom. The molecule has 0 fully saturated rings. The largest absolute Gasteiger partial charge is 0.458 e. The molecule has 4 heteroatoms. The smallest absolute Gasteiger partial charge is 0.328 e. The van der Waals surface area contributed by atoms with Crippen molar-refractivity contribution in [2.45, 2.75) is 39.3 Å². The number of halogens is 1. The lowest BCUT2D eigenvalue weighted by molar-refractivity contribution is -0.155. The van der Waals surface area contributed by atoms with Gasteiger partial charge in [0.2, 0.25) is 0 Å². The highest BCUT2D eigenvalue weighted by Gasteiger charge is 2.21. The van der Waals surface area contributed by atoms with Crippen LogP contribution in [0.5, 0.6) is 0 Å². The molecule has 0 heterocycles. The van der Waals surface area contributed by atoms with E-state index in [1.807, 2.05) is 20.8 Å². The van der Waals surface area contributed by atoms with Gasteiger partial charge in [-0.25, -0.2) is 9.18 Å². The molecule has 1 aromatic rings. The normalized spacial score (nSPS) is 13.0. The maximum atomic E-state index is 12.7. The lowest BCUT2D eigenvalue weighted by atomic mass is 10.2. The van der Waals surface area contributed by atoms with Crippen LogP contribution < -0.4 is 5.32 Å². The van der Waals surface area contributed by atoms with Gasteiger partial charge in [-0.1, -0.05) is 0 Å². The van der Waals surface area contributed by atoms with Crippen molar-refractivity contribution in [3.05, 3.63) is 30.1 Å². The maximum absolute atomic E-state index is 12.7. The molecule has 1 N–H and O–H groups in total. The fourth-order valence-corrected chi connectivity index (χ4v) is 1.25.